The number of benzene rings is 3. The fourth-order valence-electron chi connectivity index (χ4n) is 2.79. The predicted octanol–water partition coefficient (Wildman–Crippen LogP) is 4.52. The van der Waals surface area contributed by atoms with E-state index < -0.39 is 0 Å². The van der Waals surface area contributed by atoms with E-state index in [2.05, 4.69) is 6.07 Å². The van der Waals surface area contributed by atoms with Crippen molar-refractivity contribution in [1.29, 1.82) is 0 Å². The van der Waals surface area contributed by atoms with Gasteiger partial charge in [-0.3, -0.25) is 4.79 Å². The van der Waals surface area contributed by atoms with Gasteiger partial charge < -0.3 is 18.9 Å². The molecule has 0 bridgehead atoms. The van der Waals surface area contributed by atoms with Crippen LogP contribution in [0.4, 0.5) is 0 Å². The van der Waals surface area contributed by atoms with Crippen molar-refractivity contribution in [1.82, 2.24) is 0 Å². The van der Waals surface area contributed by atoms with Crippen LogP contribution in [-0.4, -0.2) is 33.2 Å². The van der Waals surface area contributed by atoms with E-state index in [4.69, 9.17) is 18.9 Å². The highest BCUT2D eigenvalue weighted by Crippen LogP contribution is 2.38. The van der Waals surface area contributed by atoms with Crippen LogP contribution in [0.15, 0.2) is 54.6 Å². The number of hydrogen-bond donors (Lipinski definition) is 0. The first-order valence-corrected chi connectivity index (χ1v) is 8.63. The van der Waals surface area contributed by atoms with Crippen molar-refractivity contribution in [3.05, 3.63) is 60.2 Å². The average molecular weight is 366 g/mol. The van der Waals surface area contributed by atoms with Crippen LogP contribution in [0.3, 0.4) is 0 Å². The lowest BCUT2D eigenvalue weighted by atomic mass is 10.1. The van der Waals surface area contributed by atoms with Crippen LogP contribution in [-0.2, 0) is 0 Å². The molecular formula is C22H22O5. The number of carbonyl (C=O) groups excluding carboxylic acids is 1. The fraction of sp³-hybridized carbons (Fsp3) is 0.227. The molecule has 27 heavy (non-hydrogen) atoms. The lowest BCUT2D eigenvalue weighted by Gasteiger charge is -2.16. The highest BCUT2D eigenvalue weighted by molar-refractivity contribution is 5.95. The number of methoxy groups -OCH3 is 2. The van der Waals surface area contributed by atoms with E-state index in [1.807, 2.05) is 36.4 Å². The van der Waals surface area contributed by atoms with Gasteiger partial charge in [0.2, 0.25) is 5.75 Å². The molecular weight excluding hydrogens is 344 g/mol. The zero-order valence-corrected chi connectivity index (χ0v) is 15.7. The first-order chi connectivity index (χ1) is 13.1. The van der Waals surface area contributed by atoms with Crippen LogP contribution in [0.25, 0.3) is 10.8 Å². The van der Waals surface area contributed by atoms with Gasteiger partial charge in [0, 0.05) is 5.56 Å². The molecule has 0 unspecified atom stereocenters. The molecule has 0 spiro atoms. The minimum absolute atomic E-state index is 0.0715. The van der Waals surface area contributed by atoms with Crippen molar-refractivity contribution in [2.75, 3.05) is 27.4 Å². The first kappa shape index (κ1) is 18.6. The number of carbonyl (C=O) groups is 1. The topological polar surface area (TPSA) is 54.0 Å². The van der Waals surface area contributed by atoms with Gasteiger partial charge in [-0.05, 0) is 42.0 Å². The third-order valence-corrected chi connectivity index (χ3v) is 4.19. The number of ether oxygens (including phenoxy) is 4. The van der Waals surface area contributed by atoms with Gasteiger partial charge in [-0.1, -0.05) is 30.3 Å². The number of Topliss-reactive ketones (excluding diaryl/α,β-unsaturated/α-hetero) is 1. The fourth-order valence-corrected chi connectivity index (χ4v) is 2.79. The van der Waals surface area contributed by atoms with Gasteiger partial charge in [-0.15, -0.1) is 0 Å². The maximum Gasteiger partial charge on any atom is 0.203 e. The molecule has 0 heterocycles. The number of rotatable bonds is 8. The van der Waals surface area contributed by atoms with Crippen molar-refractivity contribution in [2.45, 2.75) is 6.92 Å². The van der Waals surface area contributed by atoms with E-state index in [9.17, 15) is 4.79 Å². The highest BCUT2D eigenvalue weighted by Gasteiger charge is 2.16. The van der Waals surface area contributed by atoms with E-state index in [0.717, 1.165) is 11.1 Å². The molecule has 3 rings (SSSR count). The summed E-state index contributed by atoms with van der Waals surface area (Å²) in [4.78, 5) is 11.6. The molecule has 3 aromatic carbocycles. The third kappa shape index (κ3) is 4.31. The van der Waals surface area contributed by atoms with Crippen molar-refractivity contribution in [3.63, 3.8) is 0 Å². The summed E-state index contributed by atoms with van der Waals surface area (Å²) in [5.41, 5.74) is 0.503. The quantitative estimate of drug-likeness (QED) is 0.433. The predicted molar refractivity (Wildman–Crippen MR) is 104 cm³/mol. The number of hydrogen-bond acceptors (Lipinski definition) is 5. The summed E-state index contributed by atoms with van der Waals surface area (Å²) < 4.78 is 22.3. The highest BCUT2D eigenvalue weighted by atomic mass is 16.6. The molecule has 0 aromatic heterocycles. The third-order valence-electron chi connectivity index (χ3n) is 4.19. The van der Waals surface area contributed by atoms with Crippen molar-refractivity contribution >= 4 is 16.6 Å². The van der Waals surface area contributed by atoms with Crippen molar-refractivity contribution in [3.8, 4) is 23.0 Å². The summed E-state index contributed by atoms with van der Waals surface area (Å²) in [5, 5.41) is 2.29. The smallest absolute Gasteiger partial charge is 0.203 e. The Morgan fingerprint density at radius 2 is 1.44 bits per heavy atom. The lowest BCUT2D eigenvalue weighted by molar-refractivity contribution is 0.101. The molecule has 0 amide bonds. The molecule has 0 aliphatic rings. The van der Waals surface area contributed by atoms with Crippen LogP contribution < -0.4 is 18.9 Å². The van der Waals surface area contributed by atoms with Gasteiger partial charge >= 0.3 is 0 Å². The largest absolute Gasteiger partial charge is 0.493 e. The Labute approximate surface area is 158 Å². The van der Waals surface area contributed by atoms with E-state index in [1.165, 1.54) is 26.5 Å². The monoisotopic (exact) mass is 366 g/mol. The van der Waals surface area contributed by atoms with Crippen LogP contribution in [0, 0.1) is 0 Å². The summed E-state index contributed by atoms with van der Waals surface area (Å²) in [6.07, 6.45) is 0. The first-order valence-electron chi connectivity index (χ1n) is 8.63. The minimum atomic E-state index is -0.0715. The van der Waals surface area contributed by atoms with Crippen LogP contribution in [0.2, 0.25) is 0 Å². The van der Waals surface area contributed by atoms with Gasteiger partial charge in [0.25, 0.3) is 0 Å². The van der Waals surface area contributed by atoms with E-state index in [1.54, 1.807) is 12.1 Å². The Hall–Kier alpha value is -3.21. The van der Waals surface area contributed by atoms with E-state index in [-0.39, 0.29) is 5.78 Å². The summed E-state index contributed by atoms with van der Waals surface area (Å²) in [6.45, 7) is 2.16. The van der Waals surface area contributed by atoms with E-state index in [0.29, 0.717) is 36.0 Å². The second-order valence-corrected chi connectivity index (χ2v) is 5.97. The van der Waals surface area contributed by atoms with E-state index >= 15 is 0 Å². The van der Waals surface area contributed by atoms with Crippen molar-refractivity contribution < 1.29 is 23.7 Å². The molecule has 5 nitrogen and oxygen atoms in total. The van der Waals surface area contributed by atoms with Gasteiger partial charge in [0.05, 0.1) is 14.2 Å². The molecule has 140 valence electrons. The summed E-state index contributed by atoms with van der Waals surface area (Å²) >= 11 is 0. The van der Waals surface area contributed by atoms with Gasteiger partial charge in [-0.2, -0.15) is 0 Å². The van der Waals surface area contributed by atoms with Gasteiger partial charge in [-0.25, -0.2) is 0 Å². The van der Waals surface area contributed by atoms with Gasteiger partial charge in [0.1, 0.15) is 19.0 Å². The molecule has 0 N–H and O–H groups in total. The van der Waals surface area contributed by atoms with Crippen molar-refractivity contribution in [2.24, 2.45) is 0 Å². The molecule has 0 radical (unpaired) electrons. The second kappa shape index (κ2) is 8.45. The molecule has 0 aliphatic heterocycles. The Balaban J connectivity index is 1.66. The molecule has 0 fully saturated rings. The zero-order chi connectivity index (χ0) is 19.2. The Morgan fingerprint density at radius 3 is 2.07 bits per heavy atom. The van der Waals surface area contributed by atoms with Crippen LogP contribution >= 0.6 is 0 Å². The Morgan fingerprint density at radius 1 is 0.815 bits per heavy atom. The molecule has 0 aliphatic carbocycles. The number of ketones is 1. The molecule has 0 saturated heterocycles. The van der Waals surface area contributed by atoms with Gasteiger partial charge in [0.15, 0.2) is 17.3 Å². The number of fused-ring (bicyclic) bond motifs is 1. The minimum Gasteiger partial charge on any atom is -0.493 e. The Kier molecular flexibility index (Phi) is 5.81. The standard InChI is InChI=1S/C22H22O5/c1-15(23)18-13-20(24-2)22(21(14-18)25-3)27-11-10-26-19-9-8-16-6-4-5-7-17(16)12-19/h4-9,12-14H,10-11H2,1-3H3. The molecule has 0 atom stereocenters. The second-order valence-electron chi connectivity index (χ2n) is 5.97. The maximum atomic E-state index is 11.6. The SMILES string of the molecule is COc1cc(C(C)=O)cc(OC)c1OCCOc1ccc2ccccc2c1. The Bertz CT molecular complexity index is 923. The zero-order valence-electron chi connectivity index (χ0n) is 15.7. The normalized spacial score (nSPS) is 10.5. The lowest BCUT2D eigenvalue weighted by Crippen LogP contribution is -2.10. The molecule has 3 aromatic rings. The maximum absolute atomic E-state index is 11.6. The molecule has 5 heteroatoms. The average Bonchev–Trinajstić information content (AvgIpc) is 2.70. The summed E-state index contributed by atoms with van der Waals surface area (Å²) in [5.74, 6) is 2.06. The van der Waals surface area contributed by atoms with Crippen LogP contribution in [0.5, 0.6) is 23.0 Å². The molecule has 0 saturated carbocycles. The summed E-state index contributed by atoms with van der Waals surface area (Å²) in [7, 11) is 3.05. The van der Waals surface area contributed by atoms with Crippen LogP contribution in [0.1, 0.15) is 17.3 Å². The summed E-state index contributed by atoms with van der Waals surface area (Å²) in [6, 6.07) is 17.4.